The summed E-state index contributed by atoms with van der Waals surface area (Å²) < 4.78 is 5.08. The highest BCUT2D eigenvalue weighted by molar-refractivity contribution is 7.98. The van der Waals surface area contributed by atoms with Crippen LogP contribution in [0.4, 0.5) is 0 Å². The number of thioether (sulfide) groups is 1. The molecule has 0 spiro atoms. The first kappa shape index (κ1) is 17.0. The largest absolute Gasteiger partial charge is 0.340 e. The van der Waals surface area contributed by atoms with Crippen LogP contribution in [0.15, 0.2) is 28.8 Å². The van der Waals surface area contributed by atoms with Crippen LogP contribution in [-0.4, -0.2) is 39.8 Å². The average molecular weight is 345 g/mol. The van der Waals surface area contributed by atoms with Crippen LogP contribution in [0.5, 0.6) is 0 Å². The summed E-state index contributed by atoms with van der Waals surface area (Å²) >= 11 is 1.89. The summed E-state index contributed by atoms with van der Waals surface area (Å²) in [7, 11) is 0. The standard InChI is InChI=1S/C18H23N3O2S/c1-3-24-12-14-6-8-15(9-7-14)18(22)21-10-4-5-16(11-21)17-19-13(2)23-20-17/h6-9,16H,3-5,10-12H2,1-2H3/t16-/m0/s1. The van der Waals surface area contributed by atoms with Gasteiger partial charge in [-0.05, 0) is 36.3 Å². The number of carbonyl (C=O) groups is 1. The molecule has 5 nitrogen and oxygen atoms in total. The van der Waals surface area contributed by atoms with E-state index in [0.29, 0.717) is 12.4 Å². The van der Waals surface area contributed by atoms with E-state index in [1.54, 1.807) is 6.92 Å². The van der Waals surface area contributed by atoms with Gasteiger partial charge < -0.3 is 9.42 Å². The van der Waals surface area contributed by atoms with Crippen LogP contribution >= 0.6 is 11.8 Å². The van der Waals surface area contributed by atoms with Crippen molar-refractivity contribution in [2.24, 2.45) is 0 Å². The van der Waals surface area contributed by atoms with Crippen LogP contribution in [0.3, 0.4) is 0 Å². The quantitative estimate of drug-likeness (QED) is 0.828. The summed E-state index contributed by atoms with van der Waals surface area (Å²) in [6.07, 6.45) is 1.96. The van der Waals surface area contributed by atoms with Crippen molar-refractivity contribution in [3.8, 4) is 0 Å². The number of aromatic nitrogens is 2. The third-order valence-electron chi connectivity index (χ3n) is 4.29. The molecule has 1 aromatic carbocycles. The third kappa shape index (κ3) is 3.98. The summed E-state index contributed by atoms with van der Waals surface area (Å²) in [6.45, 7) is 5.39. The number of likely N-dealkylation sites (tertiary alicyclic amines) is 1. The highest BCUT2D eigenvalue weighted by atomic mass is 32.2. The van der Waals surface area contributed by atoms with E-state index in [1.165, 1.54) is 5.56 Å². The van der Waals surface area contributed by atoms with Crippen molar-refractivity contribution in [1.29, 1.82) is 0 Å². The van der Waals surface area contributed by atoms with E-state index in [0.717, 1.165) is 42.3 Å². The Morgan fingerprint density at radius 1 is 1.38 bits per heavy atom. The summed E-state index contributed by atoms with van der Waals surface area (Å²) in [4.78, 5) is 19.0. The van der Waals surface area contributed by atoms with Crippen molar-refractivity contribution in [2.75, 3.05) is 18.8 Å². The van der Waals surface area contributed by atoms with Gasteiger partial charge in [-0.2, -0.15) is 16.7 Å². The highest BCUT2D eigenvalue weighted by Gasteiger charge is 2.28. The number of hydrogen-bond donors (Lipinski definition) is 0. The van der Waals surface area contributed by atoms with Crippen LogP contribution in [0.25, 0.3) is 0 Å². The lowest BCUT2D eigenvalue weighted by atomic mass is 9.96. The van der Waals surface area contributed by atoms with Crippen LogP contribution < -0.4 is 0 Å². The fraction of sp³-hybridized carbons (Fsp3) is 0.500. The Hall–Kier alpha value is -1.82. The zero-order chi connectivity index (χ0) is 16.9. The molecule has 0 radical (unpaired) electrons. The number of carbonyl (C=O) groups excluding carboxylic acids is 1. The third-order valence-corrected chi connectivity index (χ3v) is 5.24. The Morgan fingerprint density at radius 2 is 2.17 bits per heavy atom. The normalized spacial score (nSPS) is 17.9. The Bertz CT molecular complexity index is 684. The smallest absolute Gasteiger partial charge is 0.253 e. The van der Waals surface area contributed by atoms with Crippen molar-refractivity contribution in [2.45, 2.75) is 38.4 Å². The molecule has 3 rings (SSSR count). The van der Waals surface area contributed by atoms with E-state index in [1.807, 2.05) is 28.8 Å². The molecular formula is C18H23N3O2S. The lowest BCUT2D eigenvalue weighted by Gasteiger charge is -2.31. The molecule has 6 heteroatoms. The highest BCUT2D eigenvalue weighted by Crippen LogP contribution is 2.26. The van der Waals surface area contributed by atoms with E-state index in [2.05, 4.69) is 29.2 Å². The van der Waals surface area contributed by atoms with E-state index in [4.69, 9.17) is 4.52 Å². The molecule has 1 aromatic heterocycles. The summed E-state index contributed by atoms with van der Waals surface area (Å²) in [5.41, 5.74) is 2.02. The van der Waals surface area contributed by atoms with Gasteiger partial charge in [-0.1, -0.05) is 24.2 Å². The zero-order valence-electron chi connectivity index (χ0n) is 14.2. The van der Waals surface area contributed by atoms with Gasteiger partial charge in [0.2, 0.25) is 5.89 Å². The molecule has 1 amide bonds. The SMILES string of the molecule is CCSCc1ccc(C(=O)N2CCC[C@H](c3noc(C)n3)C2)cc1. The number of rotatable bonds is 5. The van der Waals surface area contributed by atoms with E-state index in [9.17, 15) is 4.79 Å². The first-order valence-corrected chi connectivity index (χ1v) is 9.59. The van der Waals surface area contributed by atoms with Crippen molar-refractivity contribution < 1.29 is 9.32 Å². The fourth-order valence-electron chi connectivity index (χ4n) is 3.00. The van der Waals surface area contributed by atoms with Crippen molar-refractivity contribution in [3.63, 3.8) is 0 Å². The Morgan fingerprint density at radius 3 is 2.83 bits per heavy atom. The van der Waals surface area contributed by atoms with Crippen LogP contribution in [-0.2, 0) is 5.75 Å². The molecule has 0 bridgehead atoms. The number of aryl methyl sites for hydroxylation is 1. The van der Waals surface area contributed by atoms with Gasteiger partial charge in [-0.15, -0.1) is 0 Å². The predicted molar refractivity (Wildman–Crippen MR) is 95.2 cm³/mol. The maximum atomic E-state index is 12.8. The van der Waals surface area contributed by atoms with Gasteiger partial charge in [0.05, 0.1) is 0 Å². The second-order valence-corrected chi connectivity index (χ2v) is 7.37. The molecule has 0 saturated carbocycles. The topological polar surface area (TPSA) is 59.2 Å². The monoisotopic (exact) mass is 345 g/mol. The molecular weight excluding hydrogens is 322 g/mol. The molecule has 1 saturated heterocycles. The fourth-order valence-corrected chi connectivity index (χ4v) is 3.63. The summed E-state index contributed by atoms with van der Waals surface area (Å²) in [5, 5.41) is 4.02. The summed E-state index contributed by atoms with van der Waals surface area (Å²) in [6, 6.07) is 7.99. The molecule has 24 heavy (non-hydrogen) atoms. The van der Waals surface area contributed by atoms with Gasteiger partial charge in [0, 0.05) is 37.2 Å². The minimum atomic E-state index is 0.0922. The first-order chi connectivity index (χ1) is 11.7. The molecule has 0 N–H and O–H groups in total. The molecule has 1 fully saturated rings. The zero-order valence-corrected chi connectivity index (χ0v) is 15.0. The van der Waals surface area contributed by atoms with Crippen molar-refractivity contribution in [1.82, 2.24) is 15.0 Å². The van der Waals surface area contributed by atoms with Crippen molar-refractivity contribution >= 4 is 17.7 Å². The van der Waals surface area contributed by atoms with Crippen LogP contribution in [0, 0.1) is 6.92 Å². The number of piperidine rings is 1. The maximum absolute atomic E-state index is 12.8. The van der Waals surface area contributed by atoms with Crippen LogP contribution in [0.1, 0.15) is 53.3 Å². The first-order valence-electron chi connectivity index (χ1n) is 8.43. The molecule has 128 valence electrons. The Kier molecular flexibility index (Phi) is 5.56. The number of nitrogens with zero attached hydrogens (tertiary/aromatic N) is 3. The van der Waals surface area contributed by atoms with Gasteiger partial charge in [0.15, 0.2) is 5.82 Å². The number of amides is 1. The molecule has 0 aliphatic carbocycles. The Labute approximate surface area is 146 Å². The average Bonchev–Trinajstić information content (AvgIpc) is 3.06. The summed E-state index contributed by atoms with van der Waals surface area (Å²) in [5.74, 6) is 3.65. The van der Waals surface area contributed by atoms with Crippen LogP contribution in [0.2, 0.25) is 0 Å². The maximum Gasteiger partial charge on any atom is 0.253 e. The molecule has 1 aliphatic rings. The van der Waals surface area contributed by atoms with E-state index >= 15 is 0 Å². The van der Waals surface area contributed by atoms with Gasteiger partial charge in [0.1, 0.15) is 0 Å². The van der Waals surface area contributed by atoms with Gasteiger partial charge >= 0.3 is 0 Å². The molecule has 2 heterocycles. The van der Waals surface area contributed by atoms with Gasteiger partial charge in [-0.3, -0.25) is 4.79 Å². The second kappa shape index (κ2) is 7.83. The minimum absolute atomic E-state index is 0.0922. The van der Waals surface area contributed by atoms with Crippen molar-refractivity contribution in [3.05, 3.63) is 47.1 Å². The molecule has 0 unspecified atom stereocenters. The number of hydrogen-bond acceptors (Lipinski definition) is 5. The minimum Gasteiger partial charge on any atom is -0.340 e. The lowest BCUT2D eigenvalue weighted by Crippen LogP contribution is -2.39. The second-order valence-electron chi connectivity index (χ2n) is 6.10. The van der Waals surface area contributed by atoms with Gasteiger partial charge in [-0.25, -0.2) is 0 Å². The predicted octanol–water partition coefficient (Wildman–Crippen LogP) is 3.65. The number of benzene rings is 1. The molecule has 1 atom stereocenters. The molecule has 2 aromatic rings. The lowest BCUT2D eigenvalue weighted by molar-refractivity contribution is 0.0703. The molecule has 1 aliphatic heterocycles. The van der Waals surface area contributed by atoms with E-state index in [-0.39, 0.29) is 11.8 Å². The van der Waals surface area contributed by atoms with Gasteiger partial charge in [0.25, 0.3) is 5.91 Å². The Balaban J connectivity index is 1.65. The van der Waals surface area contributed by atoms with E-state index < -0.39 is 0 Å².